The maximum absolute atomic E-state index is 12.3. The SMILES string of the molecule is CN(C)C(=O)C=Cc1ccnc(C(=O)c2ccccc2)c1. The van der Waals surface area contributed by atoms with Crippen molar-refractivity contribution in [1.29, 1.82) is 0 Å². The molecule has 0 unspecified atom stereocenters. The summed E-state index contributed by atoms with van der Waals surface area (Å²) in [6, 6.07) is 12.4. The van der Waals surface area contributed by atoms with E-state index in [1.807, 2.05) is 18.2 Å². The lowest BCUT2D eigenvalue weighted by Gasteiger charge is -2.05. The van der Waals surface area contributed by atoms with Crippen LogP contribution in [0.4, 0.5) is 0 Å². The zero-order valence-corrected chi connectivity index (χ0v) is 12.0. The minimum atomic E-state index is -0.134. The van der Waals surface area contributed by atoms with Crippen molar-refractivity contribution in [3.05, 3.63) is 71.6 Å². The number of carbonyl (C=O) groups is 2. The van der Waals surface area contributed by atoms with Gasteiger partial charge in [-0.05, 0) is 23.8 Å². The molecular formula is C17H16N2O2. The van der Waals surface area contributed by atoms with Gasteiger partial charge in [-0.25, -0.2) is 0 Å². The molecule has 1 heterocycles. The van der Waals surface area contributed by atoms with E-state index in [1.54, 1.807) is 50.6 Å². The van der Waals surface area contributed by atoms with Crippen LogP contribution >= 0.6 is 0 Å². The number of amides is 1. The Hall–Kier alpha value is -2.75. The van der Waals surface area contributed by atoms with Crippen LogP contribution in [0.5, 0.6) is 0 Å². The smallest absolute Gasteiger partial charge is 0.246 e. The van der Waals surface area contributed by atoms with Crippen molar-refractivity contribution >= 4 is 17.8 Å². The minimum absolute atomic E-state index is 0.109. The van der Waals surface area contributed by atoms with Crippen LogP contribution in [0.3, 0.4) is 0 Å². The zero-order chi connectivity index (χ0) is 15.2. The number of hydrogen-bond acceptors (Lipinski definition) is 3. The highest BCUT2D eigenvalue weighted by molar-refractivity contribution is 6.07. The van der Waals surface area contributed by atoms with E-state index in [4.69, 9.17) is 0 Å². The van der Waals surface area contributed by atoms with E-state index in [2.05, 4.69) is 4.98 Å². The van der Waals surface area contributed by atoms with E-state index in [1.165, 1.54) is 11.0 Å². The molecule has 0 atom stereocenters. The number of benzene rings is 1. The molecule has 1 aromatic carbocycles. The Morgan fingerprint density at radius 3 is 2.48 bits per heavy atom. The molecule has 2 rings (SSSR count). The standard InChI is InChI=1S/C17H16N2O2/c1-19(2)16(20)9-8-13-10-11-18-15(12-13)17(21)14-6-4-3-5-7-14/h3-12H,1-2H3. The van der Waals surface area contributed by atoms with Crippen molar-refractivity contribution < 1.29 is 9.59 Å². The fraction of sp³-hybridized carbons (Fsp3) is 0.118. The fourth-order valence-electron chi connectivity index (χ4n) is 1.73. The average Bonchev–Trinajstić information content (AvgIpc) is 2.53. The summed E-state index contributed by atoms with van der Waals surface area (Å²) in [5.41, 5.74) is 1.72. The van der Waals surface area contributed by atoms with Crippen LogP contribution in [0, 0.1) is 0 Å². The molecule has 1 aromatic heterocycles. The number of hydrogen-bond donors (Lipinski definition) is 0. The highest BCUT2D eigenvalue weighted by atomic mass is 16.2. The summed E-state index contributed by atoms with van der Waals surface area (Å²) in [7, 11) is 3.37. The quantitative estimate of drug-likeness (QED) is 0.638. The van der Waals surface area contributed by atoms with Crippen molar-refractivity contribution in [2.45, 2.75) is 0 Å². The Kier molecular flexibility index (Phi) is 4.61. The Bertz CT molecular complexity index is 676. The van der Waals surface area contributed by atoms with Crippen LogP contribution in [0.15, 0.2) is 54.7 Å². The van der Waals surface area contributed by atoms with Gasteiger partial charge >= 0.3 is 0 Å². The number of pyridine rings is 1. The van der Waals surface area contributed by atoms with Crippen LogP contribution in [0.1, 0.15) is 21.6 Å². The molecule has 21 heavy (non-hydrogen) atoms. The molecule has 0 aliphatic carbocycles. The van der Waals surface area contributed by atoms with E-state index < -0.39 is 0 Å². The maximum atomic E-state index is 12.3. The van der Waals surface area contributed by atoms with Gasteiger partial charge in [-0.15, -0.1) is 0 Å². The van der Waals surface area contributed by atoms with Gasteiger partial charge in [-0.2, -0.15) is 0 Å². The Morgan fingerprint density at radius 2 is 1.81 bits per heavy atom. The Labute approximate surface area is 123 Å². The zero-order valence-electron chi connectivity index (χ0n) is 12.0. The van der Waals surface area contributed by atoms with Crippen molar-refractivity contribution in [3.8, 4) is 0 Å². The third-order valence-electron chi connectivity index (χ3n) is 2.91. The molecule has 0 N–H and O–H groups in total. The van der Waals surface area contributed by atoms with E-state index in [0.717, 1.165) is 5.56 Å². The lowest BCUT2D eigenvalue weighted by Crippen LogP contribution is -2.18. The normalized spacial score (nSPS) is 10.6. The van der Waals surface area contributed by atoms with Gasteiger partial charge in [0.05, 0.1) is 0 Å². The highest BCUT2D eigenvalue weighted by Gasteiger charge is 2.09. The molecule has 0 bridgehead atoms. The minimum Gasteiger partial charge on any atom is -0.345 e. The second-order valence-corrected chi connectivity index (χ2v) is 4.74. The van der Waals surface area contributed by atoms with Crippen LogP contribution in [0.2, 0.25) is 0 Å². The van der Waals surface area contributed by atoms with Gasteiger partial charge in [0.1, 0.15) is 5.69 Å². The van der Waals surface area contributed by atoms with E-state index in [-0.39, 0.29) is 11.7 Å². The van der Waals surface area contributed by atoms with E-state index >= 15 is 0 Å². The second kappa shape index (κ2) is 6.61. The molecule has 0 aliphatic rings. The van der Waals surface area contributed by atoms with Gasteiger partial charge in [-0.1, -0.05) is 30.3 Å². The summed E-state index contributed by atoms with van der Waals surface area (Å²) in [6.45, 7) is 0. The summed E-state index contributed by atoms with van der Waals surface area (Å²) in [6.07, 6.45) is 4.70. The summed E-state index contributed by atoms with van der Waals surface area (Å²) >= 11 is 0. The largest absolute Gasteiger partial charge is 0.345 e. The Morgan fingerprint density at radius 1 is 1.10 bits per heavy atom. The lowest BCUT2D eigenvalue weighted by molar-refractivity contribution is -0.123. The topological polar surface area (TPSA) is 50.3 Å². The van der Waals surface area contributed by atoms with Gasteiger partial charge in [0.15, 0.2) is 0 Å². The maximum Gasteiger partial charge on any atom is 0.246 e. The summed E-state index contributed by atoms with van der Waals surface area (Å²) in [5.74, 6) is -0.243. The van der Waals surface area contributed by atoms with Crippen molar-refractivity contribution in [3.63, 3.8) is 0 Å². The average molecular weight is 280 g/mol. The number of rotatable bonds is 4. The number of nitrogens with zero attached hydrogens (tertiary/aromatic N) is 2. The first-order chi connectivity index (χ1) is 10.1. The number of ketones is 1. The predicted octanol–water partition coefficient (Wildman–Crippen LogP) is 2.41. The van der Waals surface area contributed by atoms with Crippen molar-refractivity contribution in [1.82, 2.24) is 9.88 Å². The molecule has 0 radical (unpaired) electrons. The fourth-order valence-corrected chi connectivity index (χ4v) is 1.73. The molecule has 106 valence electrons. The van der Waals surface area contributed by atoms with Crippen molar-refractivity contribution in [2.24, 2.45) is 0 Å². The van der Waals surface area contributed by atoms with Crippen LogP contribution < -0.4 is 0 Å². The van der Waals surface area contributed by atoms with Crippen LogP contribution in [0.25, 0.3) is 6.08 Å². The first-order valence-corrected chi connectivity index (χ1v) is 6.53. The second-order valence-electron chi connectivity index (χ2n) is 4.74. The first kappa shape index (κ1) is 14.7. The summed E-state index contributed by atoms with van der Waals surface area (Å²) < 4.78 is 0. The molecule has 0 fully saturated rings. The molecule has 1 amide bonds. The molecule has 4 heteroatoms. The van der Waals surface area contributed by atoms with Gasteiger partial charge in [-0.3, -0.25) is 14.6 Å². The molecule has 0 saturated carbocycles. The predicted molar refractivity (Wildman–Crippen MR) is 81.8 cm³/mol. The van der Waals surface area contributed by atoms with Gasteiger partial charge in [0.2, 0.25) is 11.7 Å². The monoisotopic (exact) mass is 280 g/mol. The number of carbonyl (C=O) groups excluding carboxylic acids is 2. The van der Waals surface area contributed by atoms with Crippen LogP contribution in [-0.2, 0) is 4.79 Å². The molecule has 0 spiro atoms. The third-order valence-corrected chi connectivity index (χ3v) is 2.91. The van der Waals surface area contributed by atoms with E-state index in [9.17, 15) is 9.59 Å². The molecular weight excluding hydrogens is 264 g/mol. The third kappa shape index (κ3) is 3.86. The molecule has 4 nitrogen and oxygen atoms in total. The summed E-state index contributed by atoms with van der Waals surface area (Å²) in [4.78, 5) is 29.4. The lowest BCUT2D eigenvalue weighted by atomic mass is 10.1. The Balaban J connectivity index is 2.22. The van der Waals surface area contributed by atoms with Gasteiger partial charge in [0, 0.05) is 31.9 Å². The number of aromatic nitrogens is 1. The molecule has 0 saturated heterocycles. The molecule has 0 aliphatic heterocycles. The van der Waals surface area contributed by atoms with Gasteiger partial charge in [0.25, 0.3) is 0 Å². The highest BCUT2D eigenvalue weighted by Crippen LogP contribution is 2.10. The van der Waals surface area contributed by atoms with Gasteiger partial charge < -0.3 is 4.90 Å². The number of likely N-dealkylation sites (N-methyl/N-ethyl adjacent to an activating group) is 1. The van der Waals surface area contributed by atoms with Crippen molar-refractivity contribution in [2.75, 3.05) is 14.1 Å². The first-order valence-electron chi connectivity index (χ1n) is 6.53. The molecule has 2 aromatic rings. The van der Waals surface area contributed by atoms with Crippen LogP contribution in [-0.4, -0.2) is 35.7 Å². The summed E-state index contributed by atoms with van der Waals surface area (Å²) in [5, 5.41) is 0. The van der Waals surface area contributed by atoms with E-state index in [0.29, 0.717) is 11.3 Å².